The minimum Gasteiger partial charge on any atom is -0.380 e. The van der Waals surface area contributed by atoms with E-state index in [-0.39, 0.29) is 0 Å². The molecule has 88 valence electrons. The summed E-state index contributed by atoms with van der Waals surface area (Å²) in [7, 11) is 0. The zero-order chi connectivity index (χ0) is 12.3. The molecule has 0 spiro atoms. The van der Waals surface area contributed by atoms with Crippen LogP contribution in [0.5, 0.6) is 0 Å². The average Bonchev–Trinajstić information content (AvgIpc) is 2.32. The van der Waals surface area contributed by atoms with Crippen LogP contribution in [0.25, 0.3) is 0 Å². The Morgan fingerprint density at radius 3 is 2.59 bits per heavy atom. The number of nitrogens with one attached hydrogen (secondary N) is 1. The minimum absolute atomic E-state index is 0.845. The predicted molar refractivity (Wildman–Crippen MR) is 72.2 cm³/mol. The highest BCUT2D eigenvalue weighted by atomic mass is 14.9. The van der Waals surface area contributed by atoms with Gasteiger partial charge in [0.1, 0.15) is 0 Å². The maximum atomic E-state index is 4.27. The summed E-state index contributed by atoms with van der Waals surface area (Å²) in [4.78, 5) is 4.27. The number of anilines is 1. The number of aryl methyl sites for hydroxylation is 3. The van der Waals surface area contributed by atoms with Crippen LogP contribution in [0.3, 0.4) is 0 Å². The minimum atomic E-state index is 0.845. The van der Waals surface area contributed by atoms with Crippen LogP contribution in [-0.2, 0) is 6.54 Å². The number of hydrogen-bond acceptors (Lipinski definition) is 2. The summed E-state index contributed by atoms with van der Waals surface area (Å²) in [6.45, 7) is 7.10. The van der Waals surface area contributed by atoms with Gasteiger partial charge in [0, 0.05) is 12.2 Å². The van der Waals surface area contributed by atoms with E-state index in [4.69, 9.17) is 0 Å². The van der Waals surface area contributed by atoms with Crippen molar-refractivity contribution in [1.29, 1.82) is 0 Å². The van der Waals surface area contributed by atoms with Crippen LogP contribution in [0.2, 0.25) is 0 Å². The molecule has 2 nitrogen and oxygen atoms in total. The van der Waals surface area contributed by atoms with Crippen LogP contribution < -0.4 is 5.32 Å². The molecule has 0 unspecified atom stereocenters. The van der Waals surface area contributed by atoms with Crippen LogP contribution in [0, 0.1) is 20.8 Å². The predicted octanol–water partition coefficient (Wildman–Crippen LogP) is 3.62. The molecule has 2 aromatic rings. The van der Waals surface area contributed by atoms with Gasteiger partial charge in [-0.2, -0.15) is 0 Å². The van der Waals surface area contributed by atoms with E-state index >= 15 is 0 Å². The number of rotatable bonds is 3. The van der Waals surface area contributed by atoms with Crippen LogP contribution in [-0.4, -0.2) is 4.98 Å². The Morgan fingerprint density at radius 1 is 1.06 bits per heavy atom. The van der Waals surface area contributed by atoms with Crippen LogP contribution in [0.1, 0.15) is 22.4 Å². The number of hydrogen-bond donors (Lipinski definition) is 1. The molecule has 0 bridgehead atoms. The van der Waals surface area contributed by atoms with E-state index in [1.54, 1.807) is 0 Å². The van der Waals surface area contributed by atoms with Gasteiger partial charge in [0.25, 0.3) is 0 Å². The van der Waals surface area contributed by atoms with Gasteiger partial charge in [-0.05, 0) is 44.0 Å². The highest BCUT2D eigenvalue weighted by Crippen LogP contribution is 2.13. The van der Waals surface area contributed by atoms with E-state index in [1.807, 2.05) is 19.2 Å². The molecule has 0 fully saturated rings. The maximum absolute atomic E-state index is 4.27. The smallest absolute Gasteiger partial charge is 0.0529 e. The Morgan fingerprint density at radius 2 is 1.88 bits per heavy atom. The van der Waals surface area contributed by atoms with E-state index in [9.17, 15) is 0 Å². The number of aromatic nitrogens is 1. The molecule has 0 aliphatic rings. The van der Waals surface area contributed by atoms with E-state index in [1.165, 1.54) is 16.7 Å². The van der Waals surface area contributed by atoms with E-state index in [0.717, 1.165) is 17.9 Å². The Hall–Kier alpha value is -1.83. The standard InChI is InChI=1S/C15H18N2/c1-11-4-5-12(2)14(8-11)9-17-15-7-6-13(3)16-10-15/h4-8,10,17H,9H2,1-3H3. The SMILES string of the molecule is Cc1ccc(C)c(CNc2ccc(C)nc2)c1. The van der Waals surface area contributed by atoms with Crippen molar-refractivity contribution in [2.75, 3.05) is 5.32 Å². The Kier molecular flexibility index (Phi) is 3.43. The average molecular weight is 226 g/mol. The molecule has 17 heavy (non-hydrogen) atoms. The van der Waals surface area contributed by atoms with E-state index in [0.29, 0.717) is 0 Å². The maximum Gasteiger partial charge on any atom is 0.0529 e. The molecular weight excluding hydrogens is 208 g/mol. The summed E-state index contributed by atoms with van der Waals surface area (Å²) in [5.41, 5.74) is 6.07. The summed E-state index contributed by atoms with van der Waals surface area (Å²) in [5.74, 6) is 0. The first kappa shape index (κ1) is 11.6. The van der Waals surface area contributed by atoms with Gasteiger partial charge in [-0.25, -0.2) is 0 Å². The molecule has 2 heteroatoms. The van der Waals surface area contributed by atoms with Gasteiger partial charge in [0.2, 0.25) is 0 Å². The molecular formula is C15H18N2. The van der Waals surface area contributed by atoms with E-state index < -0.39 is 0 Å². The molecule has 0 atom stereocenters. The summed E-state index contributed by atoms with van der Waals surface area (Å²) in [6.07, 6.45) is 1.88. The van der Waals surface area contributed by atoms with Crippen molar-refractivity contribution in [3.05, 3.63) is 58.9 Å². The largest absolute Gasteiger partial charge is 0.380 e. The van der Waals surface area contributed by atoms with Crippen molar-refractivity contribution in [2.24, 2.45) is 0 Å². The molecule has 1 heterocycles. The van der Waals surface area contributed by atoms with Gasteiger partial charge in [-0.15, -0.1) is 0 Å². The zero-order valence-electron chi connectivity index (χ0n) is 10.6. The monoisotopic (exact) mass is 226 g/mol. The Balaban J connectivity index is 2.07. The lowest BCUT2D eigenvalue weighted by atomic mass is 10.1. The van der Waals surface area contributed by atoms with Crippen LogP contribution >= 0.6 is 0 Å². The Labute approximate surface area is 103 Å². The van der Waals surface area contributed by atoms with Crippen LogP contribution in [0.15, 0.2) is 36.5 Å². The molecule has 0 aliphatic carbocycles. The highest BCUT2D eigenvalue weighted by molar-refractivity contribution is 5.43. The van der Waals surface area contributed by atoms with Crippen molar-refractivity contribution in [3.8, 4) is 0 Å². The molecule has 0 radical (unpaired) electrons. The first-order valence-electron chi connectivity index (χ1n) is 5.88. The van der Waals surface area contributed by atoms with Gasteiger partial charge in [-0.3, -0.25) is 4.98 Å². The molecule has 1 N–H and O–H groups in total. The quantitative estimate of drug-likeness (QED) is 0.864. The first-order chi connectivity index (χ1) is 8.15. The number of benzene rings is 1. The fourth-order valence-corrected chi connectivity index (χ4v) is 1.76. The third-order valence-corrected chi connectivity index (χ3v) is 2.90. The molecule has 0 aliphatic heterocycles. The van der Waals surface area contributed by atoms with Crippen molar-refractivity contribution in [3.63, 3.8) is 0 Å². The van der Waals surface area contributed by atoms with E-state index in [2.05, 4.69) is 48.4 Å². The third-order valence-electron chi connectivity index (χ3n) is 2.90. The van der Waals surface area contributed by atoms with Gasteiger partial charge in [-0.1, -0.05) is 23.8 Å². The number of pyridine rings is 1. The first-order valence-corrected chi connectivity index (χ1v) is 5.88. The fourth-order valence-electron chi connectivity index (χ4n) is 1.76. The van der Waals surface area contributed by atoms with Gasteiger partial charge < -0.3 is 5.32 Å². The summed E-state index contributed by atoms with van der Waals surface area (Å²) in [6, 6.07) is 10.6. The lowest BCUT2D eigenvalue weighted by Gasteiger charge is -2.09. The fraction of sp³-hybridized carbons (Fsp3) is 0.267. The van der Waals surface area contributed by atoms with Crippen LogP contribution in [0.4, 0.5) is 5.69 Å². The van der Waals surface area contributed by atoms with Crippen molar-refractivity contribution in [2.45, 2.75) is 27.3 Å². The molecule has 0 saturated carbocycles. The van der Waals surface area contributed by atoms with Gasteiger partial charge in [0.05, 0.1) is 11.9 Å². The molecule has 0 saturated heterocycles. The summed E-state index contributed by atoms with van der Waals surface area (Å²) in [5, 5.41) is 3.39. The van der Waals surface area contributed by atoms with Gasteiger partial charge in [0.15, 0.2) is 0 Å². The van der Waals surface area contributed by atoms with Crippen molar-refractivity contribution < 1.29 is 0 Å². The molecule has 1 aromatic carbocycles. The zero-order valence-corrected chi connectivity index (χ0v) is 10.6. The second kappa shape index (κ2) is 5.00. The summed E-state index contributed by atoms with van der Waals surface area (Å²) >= 11 is 0. The van der Waals surface area contributed by atoms with Gasteiger partial charge >= 0.3 is 0 Å². The topological polar surface area (TPSA) is 24.9 Å². The highest BCUT2D eigenvalue weighted by Gasteiger charge is 1.99. The lowest BCUT2D eigenvalue weighted by molar-refractivity contribution is 1.09. The van der Waals surface area contributed by atoms with Crippen molar-refractivity contribution in [1.82, 2.24) is 4.98 Å². The molecule has 2 rings (SSSR count). The molecule has 0 amide bonds. The Bertz CT molecular complexity index is 501. The second-order valence-electron chi connectivity index (χ2n) is 4.47. The number of nitrogens with zero attached hydrogens (tertiary/aromatic N) is 1. The van der Waals surface area contributed by atoms with Crippen molar-refractivity contribution >= 4 is 5.69 Å². The third kappa shape index (κ3) is 3.06. The summed E-state index contributed by atoms with van der Waals surface area (Å²) < 4.78 is 0. The molecule has 1 aromatic heterocycles. The second-order valence-corrected chi connectivity index (χ2v) is 4.47. The normalized spacial score (nSPS) is 10.3. The lowest BCUT2D eigenvalue weighted by Crippen LogP contribution is -2.02.